The summed E-state index contributed by atoms with van der Waals surface area (Å²) in [5, 5.41) is 0. The van der Waals surface area contributed by atoms with Gasteiger partial charge in [-0.3, -0.25) is 0 Å². The minimum atomic E-state index is 0.735. The highest BCUT2D eigenvalue weighted by Crippen LogP contribution is 2.19. The predicted octanol–water partition coefficient (Wildman–Crippen LogP) is 2.31. The van der Waals surface area contributed by atoms with E-state index in [9.17, 15) is 0 Å². The second-order valence-corrected chi connectivity index (χ2v) is 3.40. The van der Waals surface area contributed by atoms with Crippen LogP contribution in [0, 0.1) is 5.92 Å². The number of allylic oxidation sites excluding steroid dienone is 2. The molecule has 0 saturated heterocycles. The normalized spacial score (nSPS) is 22.8. The Morgan fingerprint density at radius 2 is 2.58 bits per heavy atom. The van der Waals surface area contributed by atoms with Crippen LogP contribution in [-0.2, 0) is 6.42 Å². The molecule has 0 amide bonds. The second kappa shape index (κ2) is 3.57. The van der Waals surface area contributed by atoms with Crippen molar-refractivity contribution in [3.63, 3.8) is 0 Å². The Hall–Kier alpha value is -1.05. The van der Waals surface area contributed by atoms with Crippen LogP contribution in [0.2, 0.25) is 0 Å². The van der Waals surface area contributed by atoms with Crippen LogP contribution in [0.5, 0.6) is 0 Å². The standard InChI is InChI=1S/C10H14N2/c1-2-4-9(5-3-1)6-10-7-11-8-12-10/h2,4,7-9H,1,3,5-6H2,(H,11,12). The first-order valence-corrected chi connectivity index (χ1v) is 4.59. The molecule has 1 heterocycles. The van der Waals surface area contributed by atoms with Gasteiger partial charge in [-0.1, -0.05) is 12.2 Å². The molecule has 1 unspecified atom stereocenters. The number of nitrogens with one attached hydrogen (secondary N) is 1. The lowest BCUT2D eigenvalue weighted by molar-refractivity contribution is 0.534. The van der Waals surface area contributed by atoms with Gasteiger partial charge in [-0.25, -0.2) is 4.98 Å². The number of rotatable bonds is 2. The maximum atomic E-state index is 4.01. The van der Waals surface area contributed by atoms with E-state index in [0.29, 0.717) is 0 Å². The zero-order chi connectivity index (χ0) is 8.23. The molecule has 2 heteroatoms. The first-order chi connectivity index (χ1) is 5.95. The number of aromatic nitrogens is 2. The molecule has 0 aromatic carbocycles. The molecule has 1 N–H and O–H groups in total. The summed E-state index contributed by atoms with van der Waals surface area (Å²) < 4.78 is 0. The highest BCUT2D eigenvalue weighted by Gasteiger charge is 2.09. The van der Waals surface area contributed by atoms with Crippen LogP contribution in [0.15, 0.2) is 24.7 Å². The van der Waals surface area contributed by atoms with Crippen molar-refractivity contribution >= 4 is 0 Å². The first-order valence-electron chi connectivity index (χ1n) is 4.59. The molecule has 1 atom stereocenters. The molecule has 2 nitrogen and oxygen atoms in total. The van der Waals surface area contributed by atoms with E-state index in [0.717, 1.165) is 12.3 Å². The predicted molar refractivity (Wildman–Crippen MR) is 48.8 cm³/mol. The quantitative estimate of drug-likeness (QED) is 0.664. The van der Waals surface area contributed by atoms with Gasteiger partial charge in [0.2, 0.25) is 0 Å². The van der Waals surface area contributed by atoms with Crippen LogP contribution in [0.3, 0.4) is 0 Å². The Bertz CT molecular complexity index is 249. The molecule has 1 aromatic rings. The largest absolute Gasteiger partial charge is 0.348 e. The summed E-state index contributed by atoms with van der Waals surface area (Å²) in [6.07, 6.45) is 13.4. The number of hydrogen-bond acceptors (Lipinski definition) is 1. The molecule has 1 aliphatic rings. The number of aromatic amines is 1. The zero-order valence-electron chi connectivity index (χ0n) is 7.16. The molecule has 0 radical (unpaired) electrons. The summed E-state index contributed by atoms with van der Waals surface area (Å²) >= 11 is 0. The van der Waals surface area contributed by atoms with E-state index in [1.165, 1.54) is 25.0 Å². The van der Waals surface area contributed by atoms with Crippen LogP contribution in [0.1, 0.15) is 25.0 Å². The van der Waals surface area contributed by atoms with Gasteiger partial charge in [-0.2, -0.15) is 0 Å². The number of H-pyrrole nitrogens is 1. The van der Waals surface area contributed by atoms with Gasteiger partial charge >= 0.3 is 0 Å². The number of hydrogen-bond donors (Lipinski definition) is 1. The lowest BCUT2D eigenvalue weighted by atomic mass is 9.92. The van der Waals surface area contributed by atoms with Crippen molar-refractivity contribution in [2.45, 2.75) is 25.7 Å². The molecular formula is C10H14N2. The molecule has 12 heavy (non-hydrogen) atoms. The molecule has 0 spiro atoms. The molecule has 0 saturated carbocycles. The highest BCUT2D eigenvalue weighted by molar-refractivity contribution is 5.02. The van der Waals surface area contributed by atoms with E-state index in [1.54, 1.807) is 6.33 Å². The highest BCUT2D eigenvalue weighted by atomic mass is 14.9. The fourth-order valence-corrected chi connectivity index (χ4v) is 1.73. The van der Waals surface area contributed by atoms with Crippen molar-refractivity contribution in [3.8, 4) is 0 Å². The third-order valence-corrected chi connectivity index (χ3v) is 2.39. The van der Waals surface area contributed by atoms with E-state index in [1.807, 2.05) is 6.20 Å². The van der Waals surface area contributed by atoms with Crippen LogP contribution in [-0.4, -0.2) is 9.97 Å². The third-order valence-electron chi connectivity index (χ3n) is 2.39. The minimum absolute atomic E-state index is 0.735. The van der Waals surface area contributed by atoms with Crippen LogP contribution < -0.4 is 0 Å². The Labute approximate surface area is 72.7 Å². The molecular weight excluding hydrogens is 148 g/mol. The minimum Gasteiger partial charge on any atom is -0.348 e. The number of nitrogens with zero attached hydrogens (tertiary/aromatic N) is 1. The van der Waals surface area contributed by atoms with Gasteiger partial charge < -0.3 is 4.98 Å². The van der Waals surface area contributed by atoms with Crippen LogP contribution >= 0.6 is 0 Å². The van der Waals surface area contributed by atoms with Crippen molar-refractivity contribution < 1.29 is 0 Å². The third kappa shape index (κ3) is 1.76. The Morgan fingerprint density at radius 1 is 1.58 bits per heavy atom. The van der Waals surface area contributed by atoms with Gasteiger partial charge in [-0.15, -0.1) is 0 Å². The van der Waals surface area contributed by atoms with Crippen molar-refractivity contribution in [1.82, 2.24) is 9.97 Å². The molecule has 0 bridgehead atoms. The lowest BCUT2D eigenvalue weighted by Crippen LogP contribution is -2.04. The van der Waals surface area contributed by atoms with Gasteiger partial charge in [0.15, 0.2) is 0 Å². The lowest BCUT2D eigenvalue weighted by Gasteiger charge is -2.14. The maximum absolute atomic E-state index is 4.01. The molecule has 0 aliphatic heterocycles. The fraction of sp³-hybridized carbons (Fsp3) is 0.500. The Morgan fingerprint density at radius 3 is 3.25 bits per heavy atom. The van der Waals surface area contributed by atoms with Gasteiger partial charge in [-0.05, 0) is 31.6 Å². The number of imidazole rings is 1. The first kappa shape index (κ1) is 7.59. The Balaban J connectivity index is 1.94. The average Bonchev–Trinajstić information content (AvgIpc) is 2.59. The summed E-state index contributed by atoms with van der Waals surface area (Å²) in [4.78, 5) is 7.15. The van der Waals surface area contributed by atoms with Gasteiger partial charge in [0, 0.05) is 11.9 Å². The molecule has 2 rings (SSSR count). The monoisotopic (exact) mass is 162 g/mol. The molecule has 64 valence electrons. The van der Waals surface area contributed by atoms with Crippen LogP contribution in [0.4, 0.5) is 0 Å². The van der Waals surface area contributed by atoms with Crippen molar-refractivity contribution in [3.05, 3.63) is 30.4 Å². The average molecular weight is 162 g/mol. The van der Waals surface area contributed by atoms with E-state index < -0.39 is 0 Å². The summed E-state index contributed by atoms with van der Waals surface area (Å²) in [5.74, 6) is 0.735. The molecule has 1 aromatic heterocycles. The van der Waals surface area contributed by atoms with Gasteiger partial charge in [0.25, 0.3) is 0 Å². The van der Waals surface area contributed by atoms with Crippen molar-refractivity contribution in [2.75, 3.05) is 0 Å². The van der Waals surface area contributed by atoms with E-state index >= 15 is 0 Å². The second-order valence-electron chi connectivity index (χ2n) is 3.40. The summed E-state index contributed by atoms with van der Waals surface area (Å²) in [6, 6.07) is 0. The van der Waals surface area contributed by atoms with E-state index in [4.69, 9.17) is 0 Å². The molecule has 0 fully saturated rings. The van der Waals surface area contributed by atoms with E-state index in [-0.39, 0.29) is 0 Å². The van der Waals surface area contributed by atoms with Gasteiger partial charge in [0.05, 0.1) is 6.33 Å². The summed E-state index contributed by atoms with van der Waals surface area (Å²) in [7, 11) is 0. The fourth-order valence-electron chi connectivity index (χ4n) is 1.73. The van der Waals surface area contributed by atoms with Crippen LogP contribution in [0.25, 0.3) is 0 Å². The smallest absolute Gasteiger partial charge is 0.0921 e. The summed E-state index contributed by atoms with van der Waals surface area (Å²) in [6.45, 7) is 0. The molecule has 1 aliphatic carbocycles. The van der Waals surface area contributed by atoms with E-state index in [2.05, 4.69) is 22.1 Å². The zero-order valence-corrected chi connectivity index (χ0v) is 7.16. The topological polar surface area (TPSA) is 28.7 Å². The van der Waals surface area contributed by atoms with Crippen molar-refractivity contribution in [2.24, 2.45) is 5.92 Å². The SMILES string of the molecule is C1=CC(Cc2cnc[nH]2)CCC1. The Kier molecular flexibility index (Phi) is 2.26. The maximum Gasteiger partial charge on any atom is 0.0921 e. The summed E-state index contributed by atoms with van der Waals surface area (Å²) in [5.41, 5.74) is 1.26. The van der Waals surface area contributed by atoms with Gasteiger partial charge in [0.1, 0.15) is 0 Å². The van der Waals surface area contributed by atoms with Crippen molar-refractivity contribution in [1.29, 1.82) is 0 Å².